The molecule has 4 heterocycles. The van der Waals surface area contributed by atoms with Crippen molar-refractivity contribution < 1.29 is 0 Å². The van der Waals surface area contributed by atoms with E-state index in [-0.39, 0.29) is 0 Å². The van der Waals surface area contributed by atoms with Gasteiger partial charge in [-0.05, 0) is 55.4 Å². The van der Waals surface area contributed by atoms with Crippen LogP contribution in [-0.2, 0) is 6.54 Å². The van der Waals surface area contributed by atoms with Crippen LogP contribution < -0.4 is 9.80 Å². The molecule has 0 radical (unpaired) electrons. The summed E-state index contributed by atoms with van der Waals surface area (Å²) in [5.41, 5.74) is 3.91. The third kappa shape index (κ3) is 3.77. The lowest BCUT2D eigenvalue weighted by molar-refractivity contribution is 0.0273. The molecule has 1 spiro atoms. The summed E-state index contributed by atoms with van der Waals surface area (Å²) >= 11 is 6.29. The highest BCUT2D eigenvalue weighted by atomic mass is 35.5. The van der Waals surface area contributed by atoms with Crippen molar-refractivity contribution in [2.24, 2.45) is 15.6 Å². The Kier molecular flexibility index (Phi) is 5.10. The van der Waals surface area contributed by atoms with Crippen molar-refractivity contribution in [3.05, 3.63) is 52.7 Å². The second kappa shape index (κ2) is 7.80. The molecule has 0 atom stereocenters. The van der Waals surface area contributed by atoms with E-state index >= 15 is 0 Å². The molecule has 0 aliphatic carbocycles. The minimum absolute atomic E-state index is 0.304. The van der Waals surface area contributed by atoms with Gasteiger partial charge in [0, 0.05) is 74.9 Å². The number of hydrogen-bond donors (Lipinski definition) is 0. The first-order chi connectivity index (χ1) is 15.0. The normalized spacial score (nSPS) is 20.7. The number of nitrogens with zero attached hydrogens (tertiary/aromatic N) is 7. The van der Waals surface area contributed by atoms with Gasteiger partial charge in [-0.25, -0.2) is 4.98 Å². The minimum Gasteiger partial charge on any atom is -0.355 e. The molecule has 0 saturated carbocycles. The molecule has 162 valence electrons. The van der Waals surface area contributed by atoms with Gasteiger partial charge in [-0.15, -0.1) is 5.10 Å². The molecule has 0 bridgehead atoms. The largest absolute Gasteiger partial charge is 0.355 e. The van der Waals surface area contributed by atoms with Crippen molar-refractivity contribution in [1.29, 1.82) is 0 Å². The predicted octanol–water partition coefficient (Wildman–Crippen LogP) is 3.09. The SMILES string of the molecule is C=N/N=C(/N1CC2(C1)CN(c1cc(C)ccn1)C2)N1CCN(C)Cc2cc(Cl)ccc21. The van der Waals surface area contributed by atoms with Crippen LogP contribution >= 0.6 is 11.6 Å². The van der Waals surface area contributed by atoms with Crippen molar-refractivity contribution >= 4 is 35.8 Å². The van der Waals surface area contributed by atoms with Crippen LogP contribution in [0, 0.1) is 12.3 Å². The smallest absolute Gasteiger partial charge is 0.226 e. The Bertz CT molecular complexity index is 1020. The molecular weight excluding hydrogens is 410 g/mol. The maximum atomic E-state index is 6.29. The number of anilines is 2. The van der Waals surface area contributed by atoms with Crippen LogP contribution in [0.15, 0.2) is 46.7 Å². The summed E-state index contributed by atoms with van der Waals surface area (Å²) in [7, 11) is 2.14. The maximum Gasteiger partial charge on any atom is 0.226 e. The fourth-order valence-electron chi connectivity index (χ4n) is 4.99. The quantitative estimate of drug-likeness (QED) is 0.410. The number of pyridine rings is 1. The van der Waals surface area contributed by atoms with Gasteiger partial charge in [0.25, 0.3) is 0 Å². The summed E-state index contributed by atoms with van der Waals surface area (Å²) in [5, 5.41) is 9.15. The Morgan fingerprint density at radius 3 is 2.68 bits per heavy atom. The standard InChI is InChI=1S/C23H28ClN7/c1-17-6-7-26-21(10-17)29-13-23(14-29)15-30(16-23)22(27-25-2)31-9-8-28(3)12-18-11-19(24)4-5-20(18)31/h4-7,10-11H,2,8-9,12-16H2,1,3H3/b27-22-. The second-order valence-electron chi connectivity index (χ2n) is 9.11. The van der Waals surface area contributed by atoms with E-state index in [2.05, 4.69) is 73.7 Å². The first kappa shape index (κ1) is 20.3. The summed E-state index contributed by atoms with van der Waals surface area (Å²) in [6.07, 6.45) is 1.89. The highest BCUT2D eigenvalue weighted by molar-refractivity contribution is 6.30. The zero-order chi connectivity index (χ0) is 21.6. The third-order valence-corrected chi connectivity index (χ3v) is 6.73. The fraction of sp³-hybridized carbons (Fsp3) is 0.435. The van der Waals surface area contributed by atoms with E-state index in [1.165, 1.54) is 11.1 Å². The molecule has 0 unspecified atom stereocenters. The average molecular weight is 438 g/mol. The number of rotatable bonds is 2. The Morgan fingerprint density at radius 2 is 1.94 bits per heavy atom. The van der Waals surface area contributed by atoms with E-state index < -0.39 is 0 Å². The van der Waals surface area contributed by atoms with Crippen LogP contribution in [0.1, 0.15) is 11.1 Å². The number of likely N-dealkylation sites (tertiary alicyclic amines) is 1. The first-order valence-corrected chi connectivity index (χ1v) is 11.0. The molecule has 3 aliphatic heterocycles. The van der Waals surface area contributed by atoms with Gasteiger partial charge < -0.3 is 19.6 Å². The molecule has 0 N–H and O–H groups in total. The summed E-state index contributed by atoms with van der Waals surface area (Å²) < 4.78 is 0. The lowest BCUT2D eigenvalue weighted by Gasteiger charge is -2.61. The molecular formula is C23H28ClN7. The molecule has 2 fully saturated rings. The van der Waals surface area contributed by atoms with Gasteiger partial charge in [-0.3, -0.25) is 0 Å². The summed E-state index contributed by atoms with van der Waals surface area (Å²) in [6, 6.07) is 10.3. The fourth-order valence-corrected chi connectivity index (χ4v) is 5.18. The number of likely N-dealkylation sites (N-methyl/N-ethyl adjacent to an activating group) is 1. The summed E-state index contributed by atoms with van der Waals surface area (Å²) in [6.45, 7) is 12.4. The van der Waals surface area contributed by atoms with Crippen LogP contribution in [0.25, 0.3) is 0 Å². The van der Waals surface area contributed by atoms with Crippen LogP contribution in [0.3, 0.4) is 0 Å². The molecule has 7 nitrogen and oxygen atoms in total. The lowest BCUT2D eigenvalue weighted by atomic mass is 9.73. The van der Waals surface area contributed by atoms with Crippen molar-refractivity contribution in [3.8, 4) is 0 Å². The topological polar surface area (TPSA) is 50.6 Å². The Balaban J connectivity index is 1.32. The number of fused-ring (bicyclic) bond motifs is 1. The van der Waals surface area contributed by atoms with Gasteiger partial charge in [0.2, 0.25) is 5.96 Å². The number of aryl methyl sites for hydroxylation is 1. The van der Waals surface area contributed by atoms with E-state index in [1.54, 1.807) is 0 Å². The molecule has 1 aromatic carbocycles. The average Bonchev–Trinajstić information content (AvgIpc) is 2.82. The van der Waals surface area contributed by atoms with E-state index in [0.29, 0.717) is 5.41 Å². The zero-order valence-electron chi connectivity index (χ0n) is 18.1. The number of benzene rings is 1. The monoisotopic (exact) mass is 437 g/mol. The number of aromatic nitrogens is 1. The van der Waals surface area contributed by atoms with Crippen LogP contribution in [-0.4, -0.2) is 73.8 Å². The van der Waals surface area contributed by atoms with E-state index in [0.717, 1.165) is 68.3 Å². The van der Waals surface area contributed by atoms with E-state index in [1.807, 2.05) is 18.3 Å². The predicted molar refractivity (Wildman–Crippen MR) is 127 cm³/mol. The maximum absolute atomic E-state index is 6.29. The van der Waals surface area contributed by atoms with Crippen molar-refractivity contribution in [1.82, 2.24) is 14.8 Å². The molecule has 5 rings (SSSR count). The van der Waals surface area contributed by atoms with Crippen molar-refractivity contribution in [2.45, 2.75) is 13.5 Å². The molecule has 31 heavy (non-hydrogen) atoms. The van der Waals surface area contributed by atoms with Gasteiger partial charge in [-0.1, -0.05) is 11.6 Å². The van der Waals surface area contributed by atoms with E-state index in [9.17, 15) is 0 Å². The number of guanidine groups is 1. The first-order valence-electron chi connectivity index (χ1n) is 10.7. The van der Waals surface area contributed by atoms with Gasteiger partial charge in [-0.2, -0.15) is 5.10 Å². The van der Waals surface area contributed by atoms with Gasteiger partial charge >= 0.3 is 0 Å². The van der Waals surface area contributed by atoms with Crippen molar-refractivity contribution in [2.75, 3.05) is 56.1 Å². The third-order valence-electron chi connectivity index (χ3n) is 6.49. The van der Waals surface area contributed by atoms with E-state index in [4.69, 9.17) is 11.6 Å². The van der Waals surface area contributed by atoms with Gasteiger partial charge in [0.05, 0.1) is 0 Å². The highest BCUT2D eigenvalue weighted by Gasteiger charge is 2.53. The molecule has 3 aliphatic rings. The lowest BCUT2D eigenvalue weighted by Crippen LogP contribution is -2.74. The van der Waals surface area contributed by atoms with Crippen LogP contribution in [0.2, 0.25) is 5.02 Å². The molecule has 2 saturated heterocycles. The number of hydrogen-bond acceptors (Lipinski definition) is 5. The summed E-state index contributed by atoms with van der Waals surface area (Å²) in [5.74, 6) is 1.96. The van der Waals surface area contributed by atoms with Crippen LogP contribution in [0.4, 0.5) is 11.5 Å². The Morgan fingerprint density at radius 1 is 1.13 bits per heavy atom. The Hall–Kier alpha value is -2.64. The second-order valence-corrected chi connectivity index (χ2v) is 9.54. The highest BCUT2D eigenvalue weighted by Crippen LogP contribution is 2.42. The molecule has 0 amide bonds. The zero-order valence-corrected chi connectivity index (χ0v) is 18.9. The van der Waals surface area contributed by atoms with Crippen molar-refractivity contribution in [3.63, 3.8) is 0 Å². The van der Waals surface area contributed by atoms with Crippen LogP contribution in [0.5, 0.6) is 0 Å². The Labute approximate surface area is 188 Å². The molecule has 2 aromatic rings. The number of halogens is 1. The summed E-state index contributed by atoms with van der Waals surface area (Å²) in [4.78, 5) is 13.8. The minimum atomic E-state index is 0.304. The van der Waals surface area contributed by atoms with Gasteiger partial charge in [0.1, 0.15) is 5.82 Å². The molecule has 1 aromatic heterocycles. The molecule has 8 heteroatoms. The van der Waals surface area contributed by atoms with Gasteiger partial charge in [0.15, 0.2) is 0 Å².